The molecule has 0 heteroatoms. The first-order chi connectivity index (χ1) is 8.60. The molecule has 0 nitrogen and oxygen atoms in total. The normalized spacial score (nSPS) is 17.6. The maximum absolute atomic E-state index is 2.62. The molecule has 0 aromatic rings. The van der Waals surface area contributed by atoms with Crippen LogP contribution in [0.15, 0.2) is 11.6 Å². The van der Waals surface area contributed by atoms with Crippen molar-refractivity contribution >= 4 is 0 Å². The minimum atomic E-state index is 0.803. The van der Waals surface area contributed by atoms with Gasteiger partial charge in [-0.15, -0.1) is 0 Å². The molecule has 108 valence electrons. The van der Waals surface area contributed by atoms with Crippen molar-refractivity contribution in [2.75, 3.05) is 0 Å². The topological polar surface area (TPSA) is 0 Å². The fraction of sp³-hybridized carbons (Fsp3) is 0.889. The van der Waals surface area contributed by atoms with Crippen LogP contribution in [0.5, 0.6) is 0 Å². The molecular formula is C18H36. The molecule has 0 saturated carbocycles. The predicted octanol–water partition coefficient (Wildman–Crippen LogP) is 6.61. The number of allylic oxidation sites excluding steroid dienone is 2. The Morgan fingerprint density at radius 2 is 1.67 bits per heavy atom. The summed E-state index contributed by atoms with van der Waals surface area (Å²) in [6.45, 7) is 14.1. The molecule has 0 aliphatic carbocycles. The molecule has 0 N–H and O–H groups in total. The van der Waals surface area contributed by atoms with E-state index in [1.165, 1.54) is 44.9 Å². The molecular weight excluding hydrogens is 216 g/mol. The van der Waals surface area contributed by atoms with Gasteiger partial charge in [-0.25, -0.2) is 0 Å². The largest absolute Gasteiger partial charge is 0.0820 e. The molecule has 0 aromatic heterocycles. The third-order valence-corrected chi connectivity index (χ3v) is 4.43. The standard InChI is InChI=1S/C18H36/c1-7-11-13-15(5)14-18(16(6)9-3)17(10-4)12-8-2/h14,16-18H,7-13H2,1-6H3/b15-14-. The molecule has 0 aliphatic rings. The Kier molecular flexibility index (Phi) is 10.5. The van der Waals surface area contributed by atoms with Crippen LogP contribution in [0.2, 0.25) is 0 Å². The summed E-state index contributed by atoms with van der Waals surface area (Å²) in [4.78, 5) is 0. The highest BCUT2D eigenvalue weighted by Gasteiger charge is 2.22. The molecule has 0 amide bonds. The molecule has 0 radical (unpaired) electrons. The first-order valence-corrected chi connectivity index (χ1v) is 8.27. The highest BCUT2D eigenvalue weighted by molar-refractivity contribution is 5.03. The zero-order chi connectivity index (χ0) is 14.0. The van der Waals surface area contributed by atoms with Crippen molar-refractivity contribution in [3.63, 3.8) is 0 Å². The maximum atomic E-state index is 2.62. The van der Waals surface area contributed by atoms with Gasteiger partial charge in [0.15, 0.2) is 0 Å². The van der Waals surface area contributed by atoms with Crippen molar-refractivity contribution in [3.8, 4) is 0 Å². The molecule has 0 aromatic carbocycles. The molecule has 0 heterocycles. The van der Waals surface area contributed by atoms with Crippen molar-refractivity contribution in [2.24, 2.45) is 17.8 Å². The fourth-order valence-corrected chi connectivity index (χ4v) is 2.94. The Labute approximate surface area is 116 Å². The second kappa shape index (κ2) is 10.6. The first-order valence-electron chi connectivity index (χ1n) is 8.27. The van der Waals surface area contributed by atoms with E-state index in [1.807, 2.05) is 0 Å². The molecule has 0 fully saturated rings. The molecule has 0 saturated heterocycles. The van der Waals surface area contributed by atoms with E-state index in [9.17, 15) is 0 Å². The van der Waals surface area contributed by atoms with Gasteiger partial charge in [-0.1, -0.05) is 78.4 Å². The van der Waals surface area contributed by atoms with Crippen molar-refractivity contribution in [2.45, 2.75) is 86.5 Å². The van der Waals surface area contributed by atoms with E-state index in [0.717, 1.165) is 17.8 Å². The van der Waals surface area contributed by atoms with E-state index in [4.69, 9.17) is 0 Å². The number of unbranched alkanes of at least 4 members (excludes halogenated alkanes) is 1. The highest BCUT2D eigenvalue weighted by Crippen LogP contribution is 2.32. The zero-order valence-corrected chi connectivity index (χ0v) is 13.8. The second-order valence-corrected chi connectivity index (χ2v) is 6.04. The quantitative estimate of drug-likeness (QED) is 0.384. The number of hydrogen-bond acceptors (Lipinski definition) is 0. The Hall–Kier alpha value is -0.260. The van der Waals surface area contributed by atoms with Crippen LogP contribution in [0.25, 0.3) is 0 Å². The molecule has 0 aliphatic heterocycles. The third kappa shape index (κ3) is 6.61. The lowest BCUT2D eigenvalue weighted by Crippen LogP contribution is -2.20. The Morgan fingerprint density at radius 1 is 1.00 bits per heavy atom. The van der Waals surface area contributed by atoms with Gasteiger partial charge in [0, 0.05) is 0 Å². The molecule has 3 atom stereocenters. The molecule has 18 heavy (non-hydrogen) atoms. The molecule has 0 bridgehead atoms. The summed E-state index contributed by atoms with van der Waals surface area (Å²) in [5, 5.41) is 0. The summed E-state index contributed by atoms with van der Waals surface area (Å²) < 4.78 is 0. The molecule has 0 rings (SSSR count). The van der Waals surface area contributed by atoms with E-state index < -0.39 is 0 Å². The van der Waals surface area contributed by atoms with E-state index in [-0.39, 0.29) is 0 Å². The van der Waals surface area contributed by atoms with Gasteiger partial charge in [0.1, 0.15) is 0 Å². The Bertz CT molecular complexity index is 214. The van der Waals surface area contributed by atoms with Crippen molar-refractivity contribution in [3.05, 3.63) is 11.6 Å². The van der Waals surface area contributed by atoms with Gasteiger partial charge in [-0.3, -0.25) is 0 Å². The summed E-state index contributed by atoms with van der Waals surface area (Å²) in [6, 6.07) is 0. The zero-order valence-electron chi connectivity index (χ0n) is 13.8. The molecule has 0 spiro atoms. The van der Waals surface area contributed by atoms with Gasteiger partial charge in [0.25, 0.3) is 0 Å². The Morgan fingerprint density at radius 3 is 2.11 bits per heavy atom. The van der Waals surface area contributed by atoms with E-state index in [1.54, 1.807) is 5.57 Å². The van der Waals surface area contributed by atoms with Crippen LogP contribution in [-0.2, 0) is 0 Å². The van der Waals surface area contributed by atoms with Crippen molar-refractivity contribution in [1.82, 2.24) is 0 Å². The minimum absolute atomic E-state index is 0.803. The van der Waals surface area contributed by atoms with E-state index in [0.29, 0.717) is 0 Å². The van der Waals surface area contributed by atoms with Crippen molar-refractivity contribution in [1.29, 1.82) is 0 Å². The molecule has 3 unspecified atom stereocenters. The van der Waals surface area contributed by atoms with Crippen molar-refractivity contribution < 1.29 is 0 Å². The van der Waals surface area contributed by atoms with Gasteiger partial charge in [-0.2, -0.15) is 0 Å². The number of rotatable bonds is 10. The lowest BCUT2D eigenvalue weighted by atomic mass is 9.76. The van der Waals surface area contributed by atoms with Crippen LogP contribution in [-0.4, -0.2) is 0 Å². The SMILES string of the molecule is CCCC/C(C)=C\C(C(C)CC)C(CC)CCC. The summed E-state index contributed by atoms with van der Waals surface area (Å²) in [7, 11) is 0. The highest BCUT2D eigenvalue weighted by atomic mass is 14.3. The van der Waals surface area contributed by atoms with Crippen LogP contribution >= 0.6 is 0 Å². The van der Waals surface area contributed by atoms with E-state index in [2.05, 4.69) is 47.6 Å². The second-order valence-electron chi connectivity index (χ2n) is 6.04. The Balaban J connectivity index is 4.74. The van der Waals surface area contributed by atoms with Gasteiger partial charge >= 0.3 is 0 Å². The third-order valence-electron chi connectivity index (χ3n) is 4.43. The summed E-state index contributed by atoms with van der Waals surface area (Å²) in [6.07, 6.45) is 11.9. The van der Waals surface area contributed by atoms with E-state index >= 15 is 0 Å². The van der Waals surface area contributed by atoms with Crippen LogP contribution in [0.1, 0.15) is 86.5 Å². The van der Waals surface area contributed by atoms with Gasteiger partial charge in [0.05, 0.1) is 0 Å². The monoisotopic (exact) mass is 252 g/mol. The van der Waals surface area contributed by atoms with Gasteiger partial charge in [-0.05, 0) is 37.5 Å². The average Bonchev–Trinajstić information content (AvgIpc) is 2.39. The lowest BCUT2D eigenvalue weighted by Gasteiger charge is -2.29. The van der Waals surface area contributed by atoms with Crippen LogP contribution in [0.3, 0.4) is 0 Å². The minimum Gasteiger partial charge on any atom is -0.0820 e. The first kappa shape index (κ1) is 17.7. The van der Waals surface area contributed by atoms with Gasteiger partial charge < -0.3 is 0 Å². The van der Waals surface area contributed by atoms with Crippen LogP contribution in [0.4, 0.5) is 0 Å². The fourth-order valence-electron chi connectivity index (χ4n) is 2.94. The summed E-state index contributed by atoms with van der Waals surface area (Å²) in [5.41, 5.74) is 1.62. The predicted molar refractivity (Wildman–Crippen MR) is 84.9 cm³/mol. The number of hydrogen-bond donors (Lipinski definition) is 0. The smallest absolute Gasteiger partial charge is 0.0177 e. The van der Waals surface area contributed by atoms with Crippen LogP contribution in [0, 0.1) is 17.8 Å². The maximum Gasteiger partial charge on any atom is -0.0177 e. The van der Waals surface area contributed by atoms with Crippen LogP contribution < -0.4 is 0 Å². The summed E-state index contributed by atoms with van der Waals surface area (Å²) in [5.74, 6) is 2.52. The average molecular weight is 252 g/mol. The lowest BCUT2D eigenvalue weighted by molar-refractivity contribution is 0.264. The van der Waals surface area contributed by atoms with Gasteiger partial charge in [0.2, 0.25) is 0 Å². The summed E-state index contributed by atoms with van der Waals surface area (Å²) >= 11 is 0.